The molecule has 5 heteroatoms. The maximum absolute atomic E-state index is 11.3. The Morgan fingerprint density at radius 3 is 2.38 bits per heavy atom. The fourth-order valence-electron chi connectivity index (χ4n) is 1.13. The van der Waals surface area contributed by atoms with E-state index in [-0.39, 0.29) is 18.7 Å². The van der Waals surface area contributed by atoms with Crippen molar-refractivity contribution in [3.05, 3.63) is 24.3 Å². The number of ether oxygens (including phenoxy) is 1. The summed E-state index contributed by atoms with van der Waals surface area (Å²) in [6.45, 7) is 0. The Morgan fingerprint density at radius 1 is 1.25 bits per heavy atom. The van der Waals surface area contributed by atoms with Crippen LogP contribution in [0.1, 0.15) is 12.8 Å². The Hall–Kier alpha value is -2.04. The van der Waals surface area contributed by atoms with Crippen molar-refractivity contribution in [2.24, 2.45) is 5.73 Å². The summed E-state index contributed by atoms with van der Waals surface area (Å²) in [7, 11) is 1.57. The van der Waals surface area contributed by atoms with E-state index in [4.69, 9.17) is 10.5 Å². The number of amides is 2. The Balaban J connectivity index is 2.46. The van der Waals surface area contributed by atoms with Crippen LogP contribution in [0.3, 0.4) is 0 Å². The number of nitrogens with one attached hydrogen (secondary N) is 1. The van der Waals surface area contributed by atoms with Gasteiger partial charge in [0.1, 0.15) is 5.75 Å². The number of primary amides is 1. The number of anilines is 1. The van der Waals surface area contributed by atoms with Crippen molar-refractivity contribution in [2.75, 3.05) is 12.4 Å². The van der Waals surface area contributed by atoms with Crippen molar-refractivity contribution in [3.63, 3.8) is 0 Å². The first-order valence-corrected chi connectivity index (χ1v) is 4.84. The molecule has 0 spiro atoms. The van der Waals surface area contributed by atoms with E-state index in [1.807, 2.05) is 0 Å². The molecule has 0 aromatic heterocycles. The monoisotopic (exact) mass is 222 g/mol. The van der Waals surface area contributed by atoms with Crippen LogP contribution in [-0.4, -0.2) is 18.9 Å². The zero-order valence-electron chi connectivity index (χ0n) is 9.03. The van der Waals surface area contributed by atoms with Gasteiger partial charge in [-0.3, -0.25) is 9.59 Å². The number of methoxy groups -OCH3 is 1. The third-order valence-electron chi connectivity index (χ3n) is 1.97. The van der Waals surface area contributed by atoms with Gasteiger partial charge < -0.3 is 15.8 Å². The SMILES string of the molecule is COc1ccc(NC(=O)CCC(N)=O)cc1. The van der Waals surface area contributed by atoms with E-state index in [1.54, 1.807) is 31.4 Å². The Morgan fingerprint density at radius 2 is 1.88 bits per heavy atom. The molecular formula is C11H14N2O3. The lowest BCUT2D eigenvalue weighted by Crippen LogP contribution is -2.17. The molecule has 3 N–H and O–H groups in total. The third-order valence-corrected chi connectivity index (χ3v) is 1.97. The van der Waals surface area contributed by atoms with E-state index in [9.17, 15) is 9.59 Å². The van der Waals surface area contributed by atoms with E-state index in [1.165, 1.54) is 0 Å². The van der Waals surface area contributed by atoms with E-state index in [0.717, 1.165) is 5.75 Å². The van der Waals surface area contributed by atoms with Gasteiger partial charge in [-0.1, -0.05) is 0 Å². The van der Waals surface area contributed by atoms with Crippen molar-refractivity contribution in [1.29, 1.82) is 0 Å². The van der Waals surface area contributed by atoms with Gasteiger partial charge >= 0.3 is 0 Å². The van der Waals surface area contributed by atoms with Crippen LogP contribution in [0.5, 0.6) is 5.75 Å². The van der Waals surface area contributed by atoms with Crippen LogP contribution in [0.4, 0.5) is 5.69 Å². The van der Waals surface area contributed by atoms with Crippen LogP contribution in [0.2, 0.25) is 0 Å². The zero-order chi connectivity index (χ0) is 12.0. The van der Waals surface area contributed by atoms with Gasteiger partial charge in [0.25, 0.3) is 0 Å². The maximum Gasteiger partial charge on any atom is 0.224 e. The number of hydrogen-bond donors (Lipinski definition) is 2. The van der Waals surface area contributed by atoms with Gasteiger partial charge in [0.15, 0.2) is 0 Å². The standard InChI is InChI=1S/C11H14N2O3/c1-16-9-4-2-8(3-5-9)13-11(15)7-6-10(12)14/h2-5H,6-7H2,1H3,(H2,12,14)(H,13,15). The lowest BCUT2D eigenvalue weighted by atomic mass is 10.2. The maximum atomic E-state index is 11.3. The number of hydrogen-bond acceptors (Lipinski definition) is 3. The fraction of sp³-hybridized carbons (Fsp3) is 0.273. The lowest BCUT2D eigenvalue weighted by molar-refractivity contribution is -0.122. The highest BCUT2D eigenvalue weighted by Crippen LogP contribution is 2.15. The molecule has 5 nitrogen and oxygen atoms in total. The molecule has 0 aliphatic carbocycles. The van der Waals surface area contributed by atoms with Gasteiger partial charge in [-0.25, -0.2) is 0 Å². The average Bonchev–Trinajstić information content (AvgIpc) is 2.27. The number of benzene rings is 1. The van der Waals surface area contributed by atoms with Crippen LogP contribution in [0.15, 0.2) is 24.3 Å². The van der Waals surface area contributed by atoms with Gasteiger partial charge in [0, 0.05) is 18.5 Å². The Labute approximate surface area is 93.6 Å². The van der Waals surface area contributed by atoms with Gasteiger partial charge in [-0.05, 0) is 24.3 Å². The van der Waals surface area contributed by atoms with Gasteiger partial charge in [0.05, 0.1) is 7.11 Å². The van der Waals surface area contributed by atoms with Crippen LogP contribution in [0, 0.1) is 0 Å². The lowest BCUT2D eigenvalue weighted by Gasteiger charge is -2.05. The molecule has 0 fully saturated rings. The molecular weight excluding hydrogens is 208 g/mol. The topological polar surface area (TPSA) is 81.4 Å². The molecule has 0 saturated carbocycles. The second kappa shape index (κ2) is 5.75. The second-order valence-corrected chi connectivity index (χ2v) is 3.24. The van der Waals surface area contributed by atoms with E-state index in [0.29, 0.717) is 5.69 Å². The predicted octanol–water partition coefficient (Wildman–Crippen LogP) is 0.899. The molecule has 0 atom stereocenters. The molecule has 0 heterocycles. The summed E-state index contributed by atoms with van der Waals surface area (Å²) in [6.07, 6.45) is 0.156. The van der Waals surface area contributed by atoms with Crippen molar-refractivity contribution >= 4 is 17.5 Å². The van der Waals surface area contributed by atoms with Crippen molar-refractivity contribution in [3.8, 4) is 5.75 Å². The molecule has 1 aromatic carbocycles. The number of nitrogens with two attached hydrogens (primary N) is 1. The summed E-state index contributed by atoms with van der Waals surface area (Å²) in [6, 6.07) is 6.93. The molecule has 0 aliphatic heterocycles. The fourth-order valence-corrected chi connectivity index (χ4v) is 1.13. The van der Waals surface area contributed by atoms with Crippen molar-refractivity contribution in [1.82, 2.24) is 0 Å². The Bertz CT molecular complexity index is 373. The van der Waals surface area contributed by atoms with Gasteiger partial charge in [-0.15, -0.1) is 0 Å². The number of carbonyl (C=O) groups is 2. The average molecular weight is 222 g/mol. The molecule has 0 saturated heterocycles. The first-order valence-electron chi connectivity index (χ1n) is 4.84. The molecule has 1 rings (SSSR count). The van der Waals surface area contributed by atoms with Crippen molar-refractivity contribution in [2.45, 2.75) is 12.8 Å². The highest BCUT2D eigenvalue weighted by atomic mass is 16.5. The predicted molar refractivity (Wildman–Crippen MR) is 60.1 cm³/mol. The molecule has 86 valence electrons. The zero-order valence-corrected chi connectivity index (χ0v) is 9.03. The third kappa shape index (κ3) is 4.00. The largest absolute Gasteiger partial charge is 0.497 e. The summed E-state index contributed by atoms with van der Waals surface area (Å²) < 4.78 is 4.98. The minimum Gasteiger partial charge on any atom is -0.497 e. The molecule has 1 aromatic rings. The first-order chi connectivity index (χ1) is 7.61. The molecule has 0 aliphatic rings. The summed E-state index contributed by atoms with van der Waals surface area (Å²) >= 11 is 0. The molecule has 0 unspecified atom stereocenters. The van der Waals surface area contributed by atoms with Crippen LogP contribution >= 0.6 is 0 Å². The van der Waals surface area contributed by atoms with Crippen LogP contribution in [0.25, 0.3) is 0 Å². The smallest absolute Gasteiger partial charge is 0.224 e. The van der Waals surface area contributed by atoms with Crippen LogP contribution < -0.4 is 15.8 Å². The minimum absolute atomic E-state index is 0.0575. The van der Waals surface area contributed by atoms with E-state index in [2.05, 4.69) is 5.32 Å². The minimum atomic E-state index is -0.482. The number of rotatable bonds is 5. The summed E-state index contributed by atoms with van der Waals surface area (Å²) in [5.74, 6) is 0.00369. The van der Waals surface area contributed by atoms with Crippen molar-refractivity contribution < 1.29 is 14.3 Å². The molecule has 0 bridgehead atoms. The highest BCUT2D eigenvalue weighted by Gasteiger charge is 2.04. The highest BCUT2D eigenvalue weighted by molar-refractivity contribution is 5.92. The Kier molecular flexibility index (Phi) is 4.32. The van der Waals surface area contributed by atoms with Gasteiger partial charge in [-0.2, -0.15) is 0 Å². The van der Waals surface area contributed by atoms with E-state index >= 15 is 0 Å². The van der Waals surface area contributed by atoms with Gasteiger partial charge in [0.2, 0.25) is 11.8 Å². The first kappa shape index (κ1) is 12.0. The normalized spacial score (nSPS) is 9.56. The van der Waals surface area contributed by atoms with Crippen LogP contribution in [-0.2, 0) is 9.59 Å². The second-order valence-electron chi connectivity index (χ2n) is 3.24. The molecule has 16 heavy (non-hydrogen) atoms. The summed E-state index contributed by atoms with van der Waals surface area (Å²) in [5, 5.41) is 2.65. The van der Waals surface area contributed by atoms with E-state index < -0.39 is 5.91 Å². The summed E-state index contributed by atoms with van der Waals surface area (Å²) in [5.41, 5.74) is 5.60. The molecule has 0 radical (unpaired) electrons. The quantitative estimate of drug-likeness (QED) is 0.776. The summed E-state index contributed by atoms with van der Waals surface area (Å²) in [4.78, 5) is 21.8. The number of carbonyl (C=O) groups excluding carboxylic acids is 2. The molecule has 2 amide bonds.